The summed E-state index contributed by atoms with van der Waals surface area (Å²) in [5.41, 5.74) is 12.8. The van der Waals surface area contributed by atoms with Crippen LogP contribution in [-0.4, -0.2) is 27.4 Å². The lowest BCUT2D eigenvalue weighted by Gasteiger charge is -2.45. The van der Waals surface area contributed by atoms with Crippen LogP contribution in [0.25, 0.3) is 0 Å². The van der Waals surface area contributed by atoms with E-state index in [0.717, 1.165) is 37.8 Å². The molecule has 0 unspecified atom stereocenters. The molecule has 0 saturated heterocycles. The number of rotatable bonds is 4. The van der Waals surface area contributed by atoms with Gasteiger partial charge in [-0.1, -0.05) is 6.42 Å². The minimum atomic E-state index is -0.662. The molecular weight excluding hydrogens is 361 g/mol. The van der Waals surface area contributed by atoms with Crippen LogP contribution in [-0.2, 0) is 13.7 Å². The van der Waals surface area contributed by atoms with Gasteiger partial charge in [-0.15, -0.1) is 0 Å². The SMILES string of the molecule is Cn1ccc(COc2ccc(F)cc2N2C(N)=NC(N)=NC23CCCCC3)n1. The quantitative estimate of drug-likeness (QED) is 0.839. The number of halogens is 1. The van der Waals surface area contributed by atoms with Crippen molar-refractivity contribution in [2.45, 2.75) is 44.4 Å². The van der Waals surface area contributed by atoms with E-state index in [0.29, 0.717) is 11.4 Å². The fourth-order valence-corrected chi connectivity index (χ4v) is 3.95. The Kier molecular flexibility index (Phi) is 4.66. The summed E-state index contributed by atoms with van der Waals surface area (Å²) in [6.07, 6.45) is 6.46. The first-order valence-electron chi connectivity index (χ1n) is 9.37. The number of nitrogens with two attached hydrogens (primary N) is 2. The van der Waals surface area contributed by atoms with Crippen molar-refractivity contribution in [2.75, 3.05) is 4.90 Å². The summed E-state index contributed by atoms with van der Waals surface area (Å²) >= 11 is 0. The summed E-state index contributed by atoms with van der Waals surface area (Å²) < 4.78 is 21.9. The molecule has 1 aliphatic heterocycles. The van der Waals surface area contributed by atoms with Gasteiger partial charge < -0.3 is 16.2 Å². The van der Waals surface area contributed by atoms with Crippen LogP contribution in [0.4, 0.5) is 10.1 Å². The normalized spacial score (nSPS) is 18.7. The van der Waals surface area contributed by atoms with Gasteiger partial charge in [0.15, 0.2) is 0 Å². The van der Waals surface area contributed by atoms with Gasteiger partial charge >= 0.3 is 0 Å². The summed E-state index contributed by atoms with van der Waals surface area (Å²) in [6, 6.07) is 6.23. The van der Waals surface area contributed by atoms with E-state index in [1.54, 1.807) is 15.6 Å². The lowest BCUT2D eigenvalue weighted by atomic mass is 9.87. The first-order valence-corrected chi connectivity index (χ1v) is 9.37. The van der Waals surface area contributed by atoms with Gasteiger partial charge in [0.2, 0.25) is 11.9 Å². The number of nitrogens with zero attached hydrogens (tertiary/aromatic N) is 5. The zero-order valence-corrected chi connectivity index (χ0v) is 15.8. The molecule has 148 valence electrons. The monoisotopic (exact) mass is 385 g/mol. The van der Waals surface area contributed by atoms with E-state index in [1.165, 1.54) is 12.1 Å². The zero-order valence-electron chi connectivity index (χ0n) is 15.8. The number of anilines is 1. The highest BCUT2D eigenvalue weighted by atomic mass is 19.1. The van der Waals surface area contributed by atoms with E-state index in [9.17, 15) is 4.39 Å². The number of ether oxygens (including phenoxy) is 1. The maximum atomic E-state index is 14.2. The van der Waals surface area contributed by atoms with Crippen molar-refractivity contribution >= 4 is 17.6 Å². The second-order valence-electron chi connectivity index (χ2n) is 7.20. The van der Waals surface area contributed by atoms with Crippen LogP contribution in [0.5, 0.6) is 5.75 Å². The van der Waals surface area contributed by atoms with Gasteiger partial charge in [-0.25, -0.2) is 9.38 Å². The van der Waals surface area contributed by atoms with Crippen LogP contribution < -0.4 is 21.1 Å². The molecule has 2 aliphatic rings. The van der Waals surface area contributed by atoms with Crippen molar-refractivity contribution in [1.29, 1.82) is 0 Å². The van der Waals surface area contributed by atoms with Crippen LogP contribution in [0.1, 0.15) is 37.8 Å². The Labute approximate surface area is 162 Å². The van der Waals surface area contributed by atoms with Crippen molar-refractivity contribution in [1.82, 2.24) is 9.78 Å². The third-order valence-corrected chi connectivity index (χ3v) is 5.16. The van der Waals surface area contributed by atoms with Crippen molar-refractivity contribution in [3.63, 3.8) is 0 Å². The van der Waals surface area contributed by atoms with Crippen LogP contribution in [0, 0.1) is 5.82 Å². The molecule has 28 heavy (non-hydrogen) atoms. The lowest BCUT2D eigenvalue weighted by Crippen LogP contribution is -2.58. The molecule has 9 heteroatoms. The fraction of sp³-hybridized carbons (Fsp3) is 0.421. The Morgan fingerprint density at radius 3 is 2.68 bits per heavy atom. The predicted molar refractivity (Wildman–Crippen MR) is 105 cm³/mol. The average molecular weight is 385 g/mol. The lowest BCUT2D eigenvalue weighted by molar-refractivity contribution is 0.286. The predicted octanol–water partition coefficient (Wildman–Crippen LogP) is 2.25. The number of aromatic nitrogens is 2. The number of aliphatic imine (C=N–C) groups is 2. The van der Waals surface area contributed by atoms with Gasteiger partial charge in [0.25, 0.3) is 0 Å². The van der Waals surface area contributed by atoms with Crippen LogP contribution in [0.15, 0.2) is 40.4 Å². The van der Waals surface area contributed by atoms with Crippen molar-refractivity contribution in [2.24, 2.45) is 28.5 Å². The highest BCUT2D eigenvalue weighted by Gasteiger charge is 2.43. The maximum Gasteiger partial charge on any atom is 0.220 e. The molecule has 1 spiro atoms. The number of benzene rings is 1. The molecule has 0 bridgehead atoms. The van der Waals surface area contributed by atoms with E-state index in [1.807, 2.05) is 19.3 Å². The molecule has 4 N–H and O–H groups in total. The van der Waals surface area contributed by atoms with Crippen molar-refractivity contribution in [3.05, 3.63) is 42.0 Å². The minimum Gasteiger partial charge on any atom is -0.485 e. The highest BCUT2D eigenvalue weighted by molar-refractivity contribution is 6.06. The molecule has 0 atom stereocenters. The summed E-state index contributed by atoms with van der Waals surface area (Å²) in [6.45, 7) is 0.253. The van der Waals surface area contributed by atoms with Crippen molar-refractivity contribution in [3.8, 4) is 5.75 Å². The molecule has 1 fully saturated rings. The molecule has 2 aromatic rings. The van der Waals surface area contributed by atoms with E-state index in [-0.39, 0.29) is 24.3 Å². The van der Waals surface area contributed by atoms with Crippen LogP contribution in [0.3, 0.4) is 0 Å². The van der Waals surface area contributed by atoms with Crippen LogP contribution >= 0.6 is 0 Å². The number of guanidine groups is 2. The van der Waals surface area contributed by atoms with Gasteiger partial charge in [0.05, 0.1) is 11.4 Å². The Morgan fingerprint density at radius 1 is 1.18 bits per heavy atom. The Bertz CT molecular complexity index is 930. The topological polar surface area (TPSA) is 107 Å². The van der Waals surface area contributed by atoms with E-state index < -0.39 is 5.66 Å². The summed E-state index contributed by atoms with van der Waals surface area (Å²) in [4.78, 5) is 10.5. The standard InChI is InChI=1S/C19H24FN7O/c1-26-10-7-14(25-26)12-28-16-6-5-13(20)11-15(16)27-18(22)23-17(21)24-19(27)8-3-2-4-9-19/h5-7,10-11H,2-4,8-9,12H2,1H3,(H4,21,22,23,24). The molecule has 2 heterocycles. The number of hydrogen-bond donors (Lipinski definition) is 2. The number of aryl methyl sites for hydroxylation is 1. The first kappa shape index (κ1) is 18.3. The molecule has 1 aliphatic carbocycles. The molecule has 8 nitrogen and oxygen atoms in total. The zero-order chi connectivity index (χ0) is 19.7. The molecule has 1 saturated carbocycles. The Balaban J connectivity index is 1.71. The second-order valence-corrected chi connectivity index (χ2v) is 7.20. The molecule has 0 amide bonds. The minimum absolute atomic E-state index is 0.156. The van der Waals surface area contributed by atoms with E-state index >= 15 is 0 Å². The molecular formula is C19H24FN7O. The van der Waals surface area contributed by atoms with E-state index in [4.69, 9.17) is 16.2 Å². The highest BCUT2D eigenvalue weighted by Crippen LogP contribution is 2.43. The largest absolute Gasteiger partial charge is 0.485 e. The van der Waals surface area contributed by atoms with Gasteiger partial charge in [0.1, 0.15) is 23.8 Å². The van der Waals surface area contributed by atoms with Gasteiger partial charge in [-0.05, 0) is 43.9 Å². The van der Waals surface area contributed by atoms with E-state index in [2.05, 4.69) is 15.1 Å². The second kappa shape index (κ2) is 7.14. The van der Waals surface area contributed by atoms with Gasteiger partial charge in [0, 0.05) is 19.3 Å². The smallest absolute Gasteiger partial charge is 0.220 e. The summed E-state index contributed by atoms with van der Waals surface area (Å²) in [5, 5.41) is 4.31. The fourth-order valence-electron chi connectivity index (χ4n) is 3.95. The maximum absolute atomic E-state index is 14.2. The average Bonchev–Trinajstić information content (AvgIpc) is 3.06. The summed E-state index contributed by atoms with van der Waals surface area (Å²) in [7, 11) is 1.84. The molecule has 1 aromatic heterocycles. The van der Waals surface area contributed by atoms with Crippen LogP contribution in [0.2, 0.25) is 0 Å². The Hall–Kier alpha value is -3.10. The van der Waals surface area contributed by atoms with Gasteiger partial charge in [-0.3, -0.25) is 9.58 Å². The van der Waals surface area contributed by atoms with Gasteiger partial charge in [-0.2, -0.15) is 10.1 Å². The third-order valence-electron chi connectivity index (χ3n) is 5.16. The third kappa shape index (κ3) is 3.39. The Morgan fingerprint density at radius 2 is 1.96 bits per heavy atom. The molecule has 4 rings (SSSR count). The molecule has 1 aromatic carbocycles. The first-order chi connectivity index (χ1) is 13.5. The molecule has 0 radical (unpaired) electrons. The number of hydrogen-bond acceptors (Lipinski definition) is 7. The van der Waals surface area contributed by atoms with Crippen molar-refractivity contribution < 1.29 is 9.13 Å². The summed E-state index contributed by atoms with van der Waals surface area (Å²) in [5.74, 6) is 0.456.